The SMILES string of the molecule is COC(=O)C1CC(OC)CCN1C(=O)c1cc2cc(C(F)(F)F)ccc2n1C. The largest absolute Gasteiger partial charge is 0.467 e. The molecule has 2 heterocycles. The van der Waals surface area contributed by atoms with Gasteiger partial charge in [0, 0.05) is 38.0 Å². The van der Waals surface area contributed by atoms with Gasteiger partial charge in [0.05, 0.1) is 18.8 Å². The Morgan fingerprint density at radius 3 is 2.50 bits per heavy atom. The van der Waals surface area contributed by atoms with Crippen LogP contribution in [0.2, 0.25) is 0 Å². The number of hydrogen-bond donors (Lipinski definition) is 0. The summed E-state index contributed by atoms with van der Waals surface area (Å²) in [6.45, 7) is 0.284. The van der Waals surface area contributed by atoms with Gasteiger partial charge in [-0.25, -0.2) is 4.79 Å². The average Bonchev–Trinajstić information content (AvgIpc) is 3.01. The van der Waals surface area contributed by atoms with E-state index in [0.717, 1.165) is 12.1 Å². The molecule has 3 rings (SSSR count). The van der Waals surface area contributed by atoms with E-state index in [1.54, 1.807) is 14.2 Å². The van der Waals surface area contributed by atoms with E-state index in [0.29, 0.717) is 23.7 Å². The van der Waals surface area contributed by atoms with Crippen LogP contribution in [0.4, 0.5) is 13.2 Å². The Bertz CT molecular complexity index is 906. The Hall–Kier alpha value is -2.55. The van der Waals surface area contributed by atoms with Gasteiger partial charge in [-0.1, -0.05) is 0 Å². The third-order valence-electron chi connectivity index (χ3n) is 5.21. The lowest BCUT2D eigenvalue weighted by Crippen LogP contribution is -2.52. The van der Waals surface area contributed by atoms with Gasteiger partial charge in [-0.15, -0.1) is 0 Å². The lowest BCUT2D eigenvalue weighted by molar-refractivity contribution is -0.149. The molecule has 0 aliphatic carbocycles. The molecule has 2 unspecified atom stereocenters. The molecule has 6 nitrogen and oxygen atoms in total. The van der Waals surface area contributed by atoms with Crippen molar-refractivity contribution in [1.82, 2.24) is 9.47 Å². The summed E-state index contributed by atoms with van der Waals surface area (Å²) >= 11 is 0. The van der Waals surface area contributed by atoms with Crippen molar-refractivity contribution in [2.24, 2.45) is 7.05 Å². The maximum absolute atomic E-state index is 13.1. The highest BCUT2D eigenvalue weighted by Gasteiger charge is 2.38. The molecule has 9 heteroatoms. The summed E-state index contributed by atoms with van der Waals surface area (Å²) in [6.07, 6.45) is -3.78. The molecule has 1 aliphatic rings. The first-order chi connectivity index (χ1) is 13.2. The van der Waals surface area contributed by atoms with Gasteiger partial charge in [-0.2, -0.15) is 13.2 Å². The van der Waals surface area contributed by atoms with Crippen molar-refractivity contribution in [3.63, 3.8) is 0 Å². The number of halogens is 3. The molecular formula is C19H21F3N2O4. The van der Waals surface area contributed by atoms with E-state index in [-0.39, 0.29) is 18.3 Å². The van der Waals surface area contributed by atoms with Crippen LogP contribution in [0, 0.1) is 0 Å². The molecule has 0 radical (unpaired) electrons. The van der Waals surface area contributed by atoms with Crippen LogP contribution in [0.1, 0.15) is 28.9 Å². The highest BCUT2D eigenvalue weighted by Crippen LogP contribution is 2.33. The van der Waals surface area contributed by atoms with Gasteiger partial charge < -0.3 is 18.9 Å². The second-order valence-corrected chi connectivity index (χ2v) is 6.78. The predicted molar refractivity (Wildman–Crippen MR) is 94.8 cm³/mol. The highest BCUT2D eigenvalue weighted by atomic mass is 19.4. The van der Waals surface area contributed by atoms with Crippen LogP contribution in [-0.4, -0.2) is 54.3 Å². The second kappa shape index (κ2) is 7.46. The van der Waals surface area contributed by atoms with Gasteiger partial charge in [0.25, 0.3) is 5.91 Å². The fourth-order valence-electron chi connectivity index (χ4n) is 3.63. The first kappa shape index (κ1) is 20.2. The number of fused-ring (bicyclic) bond motifs is 1. The van der Waals surface area contributed by atoms with Crippen molar-refractivity contribution in [3.05, 3.63) is 35.5 Å². The van der Waals surface area contributed by atoms with E-state index >= 15 is 0 Å². The Kier molecular flexibility index (Phi) is 5.38. The maximum atomic E-state index is 13.1. The Balaban J connectivity index is 1.97. The molecule has 1 fully saturated rings. The number of likely N-dealkylation sites (tertiary alicyclic amines) is 1. The zero-order valence-corrected chi connectivity index (χ0v) is 15.7. The number of aryl methyl sites for hydroxylation is 1. The fraction of sp³-hybridized carbons (Fsp3) is 0.474. The van der Waals surface area contributed by atoms with Gasteiger partial charge >= 0.3 is 12.1 Å². The molecule has 0 N–H and O–H groups in total. The van der Waals surface area contributed by atoms with Crippen LogP contribution < -0.4 is 0 Å². The summed E-state index contributed by atoms with van der Waals surface area (Å²) in [6, 6.07) is 3.95. The monoisotopic (exact) mass is 398 g/mol. The first-order valence-corrected chi connectivity index (χ1v) is 8.75. The Morgan fingerprint density at radius 2 is 1.89 bits per heavy atom. The van der Waals surface area contributed by atoms with Crippen molar-refractivity contribution in [3.8, 4) is 0 Å². The maximum Gasteiger partial charge on any atom is 0.416 e. The lowest BCUT2D eigenvalue weighted by atomic mass is 9.98. The van der Waals surface area contributed by atoms with E-state index in [4.69, 9.17) is 9.47 Å². The zero-order chi connectivity index (χ0) is 20.6. The molecule has 1 aromatic carbocycles. The van der Waals surface area contributed by atoms with E-state index in [1.807, 2.05) is 0 Å². The number of carbonyl (C=O) groups excluding carboxylic acids is 2. The third-order valence-corrected chi connectivity index (χ3v) is 5.21. The van der Waals surface area contributed by atoms with Crippen molar-refractivity contribution < 1.29 is 32.2 Å². The average molecular weight is 398 g/mol. The van der Waals surface area contributed by atoms with E-state index in [2.05, 4.69) is 0 Å². The molecule has 1 aliphatic heterocycles. The van der Waals surface area contributed by atoms with Gasteiger partial charge in [0.1, 0.15) is 11.7 Å². The highest BCUT2D eigenvalue weighted by molar-refractivity contribution is 6.00. The predicted octanol–water partition coefficient (Wildman–Crippen LogP) is 2.99. The molecule has 28 heavy (non-hydrogen) atoms. The number of alkyl halides is 3. The molecule has 2 atom stereocenters. The van der Waals surface area contributed by atoms with E-state index in [1.165, 1.54) is 28.7 Å². The number of piperidine rings is 1. The number of benzene rings is 1. The topological polar surface area (TPSA) is 60.8 Å². The number of esters is 1. The van der Waals surface area contributed by atoms with Crippen molar-refractivity contribution in [1.29, 1.82) is 0 Å². The van der Waals surface area contributed by atoms with Gasteiger partial charge in [-0.05, 0) is 30.7 Å². The third kappa shape index (κ3) is 3.58. The summed E-state index contributed by atoms with van der Waals surface area (Å²) in [7, 11) is 4.40. The molecule has 0 spiro atoms. The summed E-state index contributed by atoms with van der Waals surface area (Å²) in [5, 5.41) is 0.307. The van der Waals surface area contributed by atoms with E-state index in [9.17, 15) is 22.8 Å². The minimum absolute atomic E-state index is 0.171. The van der Waals surface area contributed by atoms with Gasteiger partial charge in [0.2, 0.25) is 0 Å². The number of aromatic nitrogens is 1. The quantitative estimate of drug-likeness (QED) is 0.746. The Morgan fingerprint density at radius 1 is 1.18 bits per heavy atom. The number of methoxy groups -OCH3 is 2. The minimum atomic E-state index is -4.47. The summed E-state index contributed by atoms with van der Waals surface area (Å²) in [5.41, 5.74) is -0.0743. The number of ether oxygens (including phenoxy) is 2. The standard InChI is InChI=1S/C19H21F3N2O4/c1-23-14-5-4-12(19(20,21)22)8-11(14)9-15(23)17(25)24-7-6-13(27-2)10-16(24)18(26)28-3/h4-5,8-9,13,16H,6-7,10H2,1-3H3. The zero-order valence-electron chi connectivity index (χ0n) is 15.7. The van der Waals surface area contributed by atoms with E-state index < -0.39 is 29.7 Å². The molecule has 0 bridgehead atoms. The molecular weight excluding hydrogens is 377 g/mol. The molecule has 1 amide bonds. The molecule has 2 aromatic rings. The van der Waals surface area contributed by atoms with Crippen molar-refractivity contribution in [2.45, 2.75) is 31.2 Å². The van der Waals surface area contributed by atoms with Gasteiger partial charge in [-0.3, -0.25) is 4.79 Å². The molecule has 1 aromatic heterocycles. The lowest BCUT2D eigenvalue weighted by Gasteiger charge is -2.37. The summed E-state index contributed by atoms with van der Waals surface area (Å²) in [5.74, 6) is -0.981. The smallest absolute Gasteiger partial charge is 0.416 e. The number of amides is 1. The number of nitrogens with zero attached hydrogens (tertiary/aromatic N) is 2. The van der Waals surface area contributed by atoms with Crippen LogP contribution in [-0.2, 0) is 27.5 Å². The van der Waals surface area contributed by atoms with Gasteiger partial charge in [0.15, 0.2) is 0 Å². The molecule has 152 valence electrons. The molecule has 1 saturated heterocycles. The number of carbonyl (C=O) groups is 2. The summed E-state index contributed by atoms with van der Waals surface area (Å²) < 4.78 is 50.6. The van der Waals surface area contributed by atoms with Crippen LogP contribution in [0.5, 0.6) is 0 Å². The molecule has 0 saturated carbocycles. The van der Waals surface area contributed by atoms with Crippen LogP contribution >= 0.6 is 0 Å². The summed E-state index contributed by atoms with van der Waals surface area (Å²) in [4.78, 5) is 26.7. The van der Waals surface area contributed by atoms with Crippen molar-refractivity contribution >= 4 is 22.8 Å². The van der Waals surface area contributed by atoms with Crippen LogP contribution in [0.25, 0.3) is 10.9 Å². The first-order valence-electron chi connectivity index (χ1n) is 8.75. The van der Waals surface area contributed by atoms with Crippen molar-refractivity contribution in [2.75, 3.05) is 20.8 Å². The number of hydrogen-bond acceptors (Lipinski definition) is 4. The normalized spacial score (nSPS) is 20.4. The fourth-order valence-corrected chi connectivity index (χ4v) is 3.63. The minimum Gasteiger partial charge on any atom is -0.467 e. The van der Waals surface area contributed by atoms with Crippen LogP contribution in [0.15, 0.2) is 24.3 Å². The number of rotatable bonds is 3. The Labute approximate surface area is 159 Å². The second-order valence-electron chi connectivity index (χ2n) is 6.78. The van der Waals surface area contributed by atoms with Crippen LogP contribution in [0.3, 0.4) is 0 Å².